The lowest BCUT2D eigenvalue weighted by molar-refractivity contribution is -0.304. The van der Waals surface area contributed by atoms with E-state index in [9.17, 15) is 24.9 Å². The number of aliphatic hydroxyl groups excluding tert-OH is 3. The zero-order chi connectivity index (χ0) is 42.8. The molecule has 58 heavy (non-hydrogen) atoms. The highest BCUT2D eigenvalue weighted by molar-refractivity contribution is 5.91. The van der Waals surface area contributed by atoms with Gasteiger partial charge >= 0.3 is 5.97 Å². The Labute approximate surface area is 344 Å². The lowest BCUT2D eigenvalue weighted by atomic mass is 9.80. The molecule has 6 unspecified atom stereocenters. The second-order valence-electron chi connectivity index (χ2n) is 16.4. The lowest BCUT2D eigenvalue weighted by Crippen LogP contribution is -2.63. The molecule has 0 aromatic rings. The average molecular weight is 824 g/mol. The summed E-state index contributed by atoms with van der Waals surface area (Å²) in [6, 6.07) is -0.690. The SMILES string of the molecule is C=CC1CO/C=C\[C@H]2C[C@@H](C)C(=O)/C=C/C(C)=C/[C@H](CO[C@@H]3OC(C)[C@H](O)[C@H](OC)C3OC)[C@@H](CC)OC(=O)C[C@@H](O1)[C@H](C)[C@H]2O[C@@H]1OC(C)[C@H](O)C(N(C)C)C1O. The number of carbonyl (C=O) groups excluding carboxylic acids is 2. The van der Waals surface area contributed by atoms with Crippen LogP contribution in [0.25, 0.3) is 0 Å². The van der Waals surface area contributed by atoms with E-state index in [-0.39, 0.29) is 25.4 Å². The van der Waals surface area contributed by atoms with Gasteiger partial charge in [0.15, 0.2) is 18.4 Å². The number of rotatable bonds is 10. The molecular weight excluding hydrogens is 754 g/mol. The van der Waals surface area contributed by atoms with Crippen LogP contribution in [0.3, 0.4) is 0 Å². The number of ether oxygens (including phenoxy) is 9. The molecular formula is C43H69NO14. The van der Waals surface area contributed by atoms with Crippen molar-refractivity contribution in [2.24, 2.45) is 23.7 Å². The first kappa shape index (κ1) is 48.1. The Kier molecular flexibility index (Phi) is 18.5. The van der Waals surface area contributed by atoms with Gasteiger partial charge in [-0.25, -0.2) is 0 Å². The number of fused-ring (bicyclic) bond motifs is 3. The molecule has 2 saturated heterocycles. The molecule has 330 valence electrons. The van der Waals surface area contributed by atoms with Gasteiger partial charge in [0.2, 0.25) is 0 Å². The average Bonchev–Trinajstić information content (AvgIpc) is 3.18. The highest BCUT2D eigenvalue weighted by atomic mass is 16.7. The van der Waals surface area contributed by atoms with E-state index in [4.69, 9.17) is 42.6 Å². The van der Waals surface area contributed by atoms with Gasteiger partial charge in [0, 0.05) is 37.9 Å². The van der Waals surface area contributed by atoms with Gasteiger partial charge in [0.25, 0.3) is 0 Å². The van der Waals surface area contributed by atoms with Gasteiger partial charge < -0.3 is 62.9 Å². The lowest BCUT2D eigenvalue weighted by Gasteiger charge is -2.47. The first-order valence-corrected chi connectivity index (χ1v) is 20.5. The number of methoxy groups -OCH3 is 2. The van der Waals surface area contributed by atoms with E-state index in [1.54, 1.807) is 57.3 Å². The summed E-state index contributed by atoms with van der Waals surface area (Å²) in [7, 11) is 6.51. The predicted octanol–water partition coefficient (Wildman–Crippen LogP) is 3.10. The van der Waals surface area contributed by atoms with Crippen molar-refractivity contribution < 1.29 is 67.5 Å². The molecule has 4 aliphatic rings. The Balaban J connectivity index is 1.73. The summed E-state index contributed by atoms with van der Waals surface area (Å²) in [6.45, 7) is 15.1. The molecule has 18 atom stereocenters. The van der Waals surface area contributed by atoms with Crippen molar-refractivity contribution in [3.63, 3.8) is 0 Å². The monoisotopic (exact) mass is 823 g/mol. The maximum Gasteiger partial charge on any atom is 0.308 e. The van der Waals surface area contributed by atoms with Gasteiger partial charge in [-0.3, -0.25) is 9.59 Å². The third-order valence-electron chi connectivity index (χ3n) is 11.9. The van der Waals surface area contributed by atoms with Crippen molar-refractivity contribution in [1.29, 1.82) is 0 Å². The quantitative estimate of drug-likeness (QED) is 0.216. The van der Waals surface area contributed by atoms with E-state index in [0.29, 0.717) is 12.8 Å². The Bertz CT molecular complexity index is 1420. The Morgan fingerprint density at radius 3 is 2.22 bits per heavy atom. The smallest absolute Gasteiger partial charge is 0.308 e. The highest BCUT2D eigenvalue weighted by Gasteiger charge is 2.48. The largest absolute Gasteiger partial charge is 0.498 e. The summed E-state index contributed by atoms with van der Waals surface area (Å²) in [5.74, 6) is -2.60. The number of cyclic esters (lactones) is 1. The van der Waals surface area contributed by atoms with E-state index in [0.717, 1.165) is 5.57 Å². The molecule has 0 aliphatic carbocycles. The van der Waals surface area contributed by atoms with E-state index in [1.807, 2.05) is 39.8 Å². The summed E-state index contributed by atoms with van der Waals surface area (Å²) in [6.07, 6.45) is 0.0476. The maximum absolute atomic E-state index is 14.1. The maximum atomic E-state index is 14.1. The van der Waals surface area contributed by atoms with Gasteiger partial charge in [-0.15, -0.1) is 6.58 Å². The molecule has 4 aliphatic heterocycles. The molecule has 2 bridgehead atoms. The molecule has 0 amide bonds. The minimum Gasteiger partial charge on any atom is -0.498 e. The Hall–Kier alpha value is -2.54. The number of likely N-dealkylation sites (N-methyl/N-ethyl adjacent to an activating group) is 1. The van der Waals surface area contributed by atoms with Crippen molar-refractivity contribution in [2.45, 2.75) is 147 Å². The molecule has 0 aromatic carbocycles. The number of hydrogen-bond acceptors (Lipinski definition) is 15. The van der Waals surface area contributed by atoms with Crippen molar-refractivity contribution in [3.05, 3.63) is 48.8 Å². The van der Waals surface area contributed by atoms with Crippen molar-refractivity contribution in [3.8, 4) is 0 Å². The zero-order valence-electron chi connectivity index (χ0n) is 35.9. The molecule has 0 saturated carbocycles. The third kappa shape index (κ3) is 12.1. The summed E-state index contributed by atoms with van der Waals surface area (Å²) < 4.78 is 55.1. The standard InChI is InChI=1S/C43H69NO14/c1-12-30-22-52-17-16-28-19-24(4)31(45)15-14-23(3)18-29(21-53-43-41(51-11)40(50-10)37(48)27(7)55-43)32(13-2)57-34(46)20-33(56-30)25(5)39(28)58-42-38(49)35(44(8)9)36(47)26(6)54-42/h12,14-18,24-30,32-33,35-43,47-49H,1,13,19-22H2,2-11H3/b15-14+,17-16-,23-18+/t24-,25+,26?,27?,28+,29-,30?,32-,33-,35?,36+,37+,38?,39-,40+,41?,42+,43-/m1/s1. The van der Waals surface area contributed by atoms with Gasteiger partial charge in [-0.05, 0) is 59.9 Å². The zero-order valence-corrected chi connectivity index (χ0v) is 35.9. The number of hydrogen-bond donors (Lipinski definition) is 3. The number of nitrogens with zero attached hydrogens (tertiary/aromatic N) is 1. The van der Waals surface area contributed by atoms with Crippen LogP contribution >= 0.6 is 0 Å². The van der Waals surface area contributed by atoms with Crippen LogP contribution in [0.15, 0.2) is 48.8 Å². The first-order valence-electron chi connectivity index (χ1n) is 20.5. The number of ketones is 1. The third-order valence-corrected chi connectivity index (χ3v) is 11.9. The van der Waals surface area contributed by atoms with Crippen molar-refractivity contribution >= 4 is 11.8 Å². The van der Waals surface area contributed by atoms with Crippen LogP contribution in [-0.2, 0) is 52.2 Å². The molecule has 2 fully saturated rings. The summed E-state index contributed by atoms with van der Waals surface area (Å²) >= 11 is 0. The van der Waals surface area contributed by atoms with Crippen LogP contribution in [0.4, 0.5) is 0 Å². The molecule has 0 radical (unpaired) electrons. The fourth-order valence-corrected chi connectivity index (χ4v) is 8.35. The van der Waals surface area contributed by atoms with E-state index in [1.165, 1.54) is 14.2 Å². The molecule has 0 spiro atoms. The van der Waals surface area contributed by atoms with Crippen LogP contribution in [0.5, 0.6) is 0 Å². The number of esters is 1. The number of aliphatic hydroxyl groups is 3. The highest BCUT2D eigenvalue weighted by Crippen LogP contribution is 2.36. The van der Waals surface area contributed by atoms with Crippen LogP contribution < -0.4 is 0 Å². The van der Waals surface area contributed by atoms with E-state index < -0.39 is 115 Å². The van der Waals surface area contributed by atoms with Gasteiger partial charge in [0.1, 0.15) is 43.2 Å². The minimum atomic E-state index is -1.24. The minimum absolute atomic E-state index is 0.0476. The molecule has 3 N–H and O–H groups in total. The van der Waals surface area contributed by atoms with Crippen LogP contribution in [-0.4, -0.2) is 159 Å². The van der Waals surface area contributed by atoms with Crippen molar-refractivity contribution in [2.75, 3.05) is 41.5 Å². The number of carbonyl (C=O) groups is 2. The molecule has 4 heterocycles. The molecule has 0 aromatic heterocycles. The molecule has 15 nitrogen and oxygen atoms in total. The fourth-order valence-electron chi connectivity index (χ4n) is 8.35. The predicted molar refractivity (Wildman–Crippen MR) is 213 cm³/mol. The Morgan fingerprint density at radius 2 is 1.59 bits per heavy atom. The first-order chi connectivity index (χ1) is 27.5. The second-order valence-corrected chi connectivity index (χ2v) is 16.4. The topological polar surface area (TPSA) is 181 Å². The normalized spacial score (nSPS) is 44.4. The van der Waals surface area contributed by atoms with Crippen LogP contribution in [0.1, 0.15) is 60.8 Å². The van der Waals surface area contributed by atoms with Crippen molar-refractivity contribution in [1.82, 2.24) is 4.90 Å². The summed E-state index contributed by atoms with van der Waals surface area (Å²) in [5.41, 5.74) is 0.751. The molecule has 4 rings (SSSR count). The van der Waals surface area contributed by atoms with E-state index >= 15 is 0 Å². The summed E-state index contributed by atoms with van der Waals surface area (Å²) in [5, 5.41) is 33.2. The fraction of sp³-hybridized carbons (Fsp3) is 0.767. The van der Waals surface area contributed by atoms with Gasteiger partial charge in [0.05, 0.1) is 55.9 Å². The van der Waals surface area contributed by atoms with E-state index in [2.05, 4.69) is 6.58 Å². The Morgan fingerprint density at radius 1 is 0.914 bits per heavy atom. The van der Waals surface area contributed by atoms with Gasteiger partial charge in [-0.1, -0.05) is 44.6 Å². The molecule has 15 heteroatoms. The second kappa shape index (κ2) is 22.3. The van der Waals surface area contributed by atoms with Gasteiger partial charge in [-0.2, -0.15) is 0 Å². The summed E-state index contributed by atoms with van der Waals surface area (Å²) in [4.78, 5) is 29.6. The van der Waals surface area contributed by atoms with Crippen LogP contribution in [0.2, 0.25) is 0 Å². The van der Waals surface area contributed by atoms with Crippen LogP contribution in [0, 0.1) is 23.7 Å². The number of allylic oxidation sites excluding steroid dienone is 3.